The molecule has 0 aliphatic carbocycles. The van der Waals surface area contributed by atoms with Crippen LogP contribution in [0, 0.1) is 0 Å². The minimum atomic E-state index is -0.0713. The van der Waals surface area contributed by atoms with E-state index in [1.165, 1.54) is 0 Å². The van der Waals surface area contributed by atoms with E-state index in [4.69, 9.17) is 4.74 Å². The molecule has 0 unspecified atom stereocenters. The third-order valence-electron chi connectivity index (χ3n) is 4.02. The highest BCUT2D eigenvalue weighted by molar-refractivity contribution is 14.0. The molecule has 1 amide bonds. The Bertz CT molecular complexity index is 781. The molecule has 0 aliphatic heterocycles. The number of rotatable bonds is 8. The summed E-state index contributed by atoms with van der Waals surface area (Å²) in [4.78, 5) is 16.4. The molecule has 28 heavy (non-hydrogen) atoms. The summed E-state index contributed by atoms with van der Waals surface area (Å²) in [6.45, 7) is 4.12. The van der Waals surface area contributed by atoms with Crippen LogP contribution in [0.25, 0.3) is 0 Å². The van der Waals surface area contributed by atoms with Gasteiger partial charge in [-0.1, -0.05) is 24.3 Å². The van der Waals surface area contributed by atoms with Gasteiger partial charge < -0.3 is 20.7 Å². The Morgan fingerprint density at radius 1 is 1.07 bits per heavy atom. The molecule has 0 radical (unpaired) electrons. The first kappa shape index (κ1) is 23.7. The number of hydrogen-bond acceptors (Lipinski definition) is 3. The number of hydrogen-bond donors (Lipinski definition) is 3. The first-order valence-electron chi connectivity index (χ1n) is 9.12. The summed E-state index contributed by atoms with van der Waals surface area (Å²) in [6.07, 6.45) is 0.800. The van der Waals surface area contributed by atoms with Crippen molar-refractivity contribution in [2.45, 2.75) is 19.9 Å². The van der Waals surface area contributed by atoms with Crippen molar-refractivity contribution in [3.8, 4) is 5.75 Å². The van der Waals surface area contributed by atoms with Gasteiger partial charge in [-0.15, -0.1) is 24.0 Å². The Labute approximate surface area is 184 Å². The van der Waals surface area contributed by atoms with E-state index in [0.717, 1.165) is 42.3 Å². The second kappa shape index (κ2) is 13.0. The monoisotopic (exact) mass is 496 g/mol. The van der Waals surface area contributed by atoms with Crippen molar-refractivity contribution in [1.29, 1.82) is 0 Å². The van der Waals surface area contributed by atoms with Crippen molar-refractivity contribution in [3.05, 3.63) is 65.2 Å². The third-order valence-corrected chi connectivity index (χ3v) is 4.02. The summed E-state index contributed by atoms with van der Waals surface area (Å²) < 4.78 is 5.25. The van der Waals surface area contributed by atoms with Gasteiger partial charge in [-0.3, -0.25) is 4.79 Å². The first-order valence-corrected chi connectivity index (χ1v) is 9.12. The third kappa shape index (κ3) is 7.75. The largest absolute Gasteiger partial charge is 0.497 e. The second-order valence-electron chi connectivity index (χ2n) is 6.00. The van der Waals surface area contributed by atoms with E-state index in [0.29, 0.717) is 12.1 Å². The number of nitrogens with one attached hydrogen (secondary N) is 3. The van der Waals surface area contributed by atoms with Gasteiger partial charge in [-0.25, -0.2) is 4.99 Å². The quantitative estimate of drug-likeness (QED) is 0.299. The zero-order chi connectivity index (χ0) is 19.5. The van der Waals surface area contributed by atoms with E-state index in [-0.39, 0.29) is 29.9 Å². The molecule has 7 heteroatoms. The van der Waals surface area contributed by atoms with Crippen LogP contribution in [-0.4, -0.2) is 39.1 Å². The molecular formula is C21H29IN4O2. The maximum absolute atomic E-state index is 11.7. The van der Waals surface area contributed by atoms with Crippen molar-refractivity contribution in [3.63, 3.8) is 0 Å². The summed E-state index contributed by atoms with van der Waals surface area (Å²) >= 11 is 0. The summed E-state index contributed by atoms with van der Waals surface area (Å²) in [5, 5.41) is 9.24. The van der Waals surface area contributed by atoms with Gasteiger partial charge in [0.1, 0.15) is 5.75 Å². The summed E-state index contributed by atoms with van der Waals surface area (Å²) in [6, 6.07) is 15.6. The SMILES string of the molecule is CCNC(=NCc1cccc(OC)c1)NCCc1cccc(C(=O)NC)c1.I. The Balaban J connectivity index is 0.00000392. The van der Waals surface area contributed by atoms with Crippen molar-refractivity contribution >= 4 is 35.8 Å². The van der Waals surface area contributed by atoms with Crippen LogP contribution >= 0.6 is 24.0 Å². The van der Waals surface area contributed by atoms with Crippen LogP contribution < -0.4 is 20.7 Å². The van der Waals surface area contributed by atoms with E-state index in [9.17, 15) is 4.79 Å². The fraction of sp³-hybridized carbons (Fsp3) is 0.333. The van der Waals surface area contributed by atoms with Crippen molar-refractivity contribution < 1.29 is 9.53 Å². The zero-order valence-corrected chi connectivity index (χ0v) is 18.9. The normalized spacial score (nSPS) is 10.6. The summed E-state index contributed by atoms with van der Waals surface area (Å²) in [7, 11) is 3.30. The average Bonchev–Trinajstić information content (AvgIpc) is 2.71. The van der Waals surface area contributed by atoms with Crippen LogP contribution in [0.15, 0.2) is 53.5 Å². The molecule has 0 aromatic heterocycles. The van der Waals surface area contributed by atoms with Gasteiger partial charge in [0.05, 0.1) is 13.7 Å². The van der Waals surface area contributed by atoms with Gasteiger partial charge in [0.25, 0.3) is 5.91 Å². The molecule has 0 heterocycles. The lowest BCUT2D eigenvalue weighted by molar-refractivity contribution is 0.0963. The minimum absolute atomic E-state index is 0. The lowest BCUT2D eigenvalue weighted by Gasteiger charge is -2.12. The Morgan fingerprint density at radius 2 is 1.82 bits per heavy atom. The maximum atomic E-state index is 11.7. The van der Waals surface area contributed by atoms with Gasteiger partial charge >= 0.3 is 0 Å². The van der Waals surface area contributed by atoms with Crippen molar-refractivity contribution in [2.75, 3.05) is 27.2 Å². The number of aliphatic imine (C=N–C) groups is 1. The Kier molecular flexibility index (Phi) is 11.0. The molecule has 2 aromatic carbocycles. The number of methoxy groups -OCH3 is 1. The standard InChI is InChI=1S/C21H28N4O2.HI/c1-4-23-21(25-15-17-8-6-10-19(14-17)27-3)24-12-11-16-7-5-9-18(13-16)20(26)22-2;/h5-10,13-14H,4,11-12,15H2,1-3H3,(H,22,26)(H2,23,24,25);1H. The lowest BCUT2D eigenvalue weighted by Crippen LogP contribution is -2.38. The molecule has 2 rings (SSSR count). The lowest BCUT2D eigenvalue weighted by atomic mass is 10.1. The molecule has 152 valence electrons. The molecule has 0 saturated carbocycles. The smallest absolute Gasteiger partial charge is 0.251 e. The molecule has 0 spiro atoms. The number of ether oxygens (including phenoxy) is 1. The number of carbonyl (C=O) groups is 1. The molecule has 2 aromatic rings. The fourth-order valence-electron chi connectivity index (χ4n) is 2.62. The van der Waals surface area contributed by atoms with Gasteiger partial charge in [-0.2, -0.15) is 0 Å². The van der Waals surface area contributed by atoms with Crippen LogP contribution in [0.2, 0.25) is 0 Å². The predicted molar refractivity (Wildman–Crippen MR) is 125 cm³/mol. The van der Waals surface area contributed by atoms with E-state index in [1.54, 1.807) is 14.2 Å². The van der Waals surface area contributed by atoms with Gasteiger partial charge in [0.2, 0.25) is 0 Å². The summed E-state index contributed by atoms with van der Waals surface area (Å²) in [5.41, 5.74) is 2.87. The van der Waals surface area contributed by atoms with Crippen LogP contribution in [0.1, 0.15) is 28.4 Å². The maximum Gasteiger partial charge on any atom is 0.251 e. The number of halogens is 1. The van der Waals surface area contributed by atoms with E-state index < -0.39 is 0 Å². The van der Waals surface area contributed by atoms with Crippen molar-refractivity contribution in [1.82, 2.24) is 16.0 Å². The Hall–Kier alpha value is -2.29. The fourth-order valence-corrected chi connectivity index (χ4v) is 2.62. The second-order valence-corrected chi connectivity index (χ2v) is 6.00. The average molecular weight is 496 g/mol. The first-order chi connectivity index (χ1) is 13.2. The number of carbonyl (C=O) groups excluding carboxylic acids is 1. The molecule has 0 atom stereocenters. The molecule has 0 saturated heterocycles. The minimum Gasteiger partial charge on any atom is -0.497 e. The molecule has 0 bridgehead atoms. The van der Waals surface area contributed by atoms with E-state index in [1.807, 2.05) is 55.5 Å². The number of nitrogens with zero attached hydrogens (tertiary/aromatic N) is 1. The number of amides is 1. The molecule has 0 aliphatic rings. The zero-order valence-electron chi connectivity index (χ0n) is 16.6. The number of guanidine groups is 1. The Morgan fingerprint density at radius 3 is 2.54 bits per heavy atom. The van der Waals surface area contributed by atoms with Crippen molar-refractivity contribution in [2.24, 2.45) is 4.99 Å². The highest BCUT2D eigenvalue weighted by Gasteiger charge is 2.04. The van der Waals surface area contributed by atoms with Gasteiger partial charge in [0, 0.05) is 25.7 Å². The van der Waals surface area contributed by atoms with Crippen LogP contribution in [-0.2, 0) is 13.0 Å². The summed E-state index contributed by atoms with van der Waals surface area (Å²) in [5.74, 6) is 1.53. The number of benzene rings is 2. The van der Waals surface area contributed by atoms with E-state index in [2.05, 4.69) is 20.9 Å². The van der Waals surface area contributed by atoms with Gasteiger partial charge in [0.15, 0.2) is 5.96 Å². The highest BCUT2D eigenvalue weighted by Crippen LogP contribution is 2.13. The highest BCUT2D eigenvalue weighted by atomic mass is 127. The van der Waals surface area contributed by atoms with Crippen LogP contribution in [0.5, 0.6) is 5.75 Å². The van der Waals surface area contributed by atoms with Crippen LogP contribution in [0.3, 0.4) is 0 Å². The van der Waals surface area contributed by atoms with E-state index >= 15 is 0 Å². The van der Waals surface area contributed by atoms with Crippen LogP contribution in [0.4, 0.5) is 0 Å². The molecule has 6 nitrogen and oxygen atoms in total. The topological polar surface area (TPSA) is 74.8 Å². The molecule has 3 N–H and O–H groups in total. The predicted octanol–water partition coefficient (Wildman–Crippen LogP) is 2.97. The van der Waals surface area contributed by atoms with Gasteiger partial charge in [-0.05, 0) is 48.7 Å². The molecular weight excluding hydrogens is 467 g/mol. The molecule has 0 fully saturated rings.